The van der Waals surface area contributed by atoms with E-state index in [1.54, 1.807) is 6.92 Å². The summed E-state index contributed by atoms with van der Waals surface area (Å²) in [6, 6.07) is 0. The zero-order valence-electron chi connectivity index (χ0n) is 10.1. The van der Waals surface area contributed by atoms with Crippen LogP contribution in [0.25, 0.3) is 0 Å². The molecule has 0 aromatic rings. The van der Waals surface area contributed by atoms with E-state index in [2.05, 4.69) is 6.58 Å². The van der Waals surface area contributed by atoms with E-state index < -0.39 is 0 Å². The summed E-state index contributed by atoms with van der Waals surface area (Å²) in [5, 5.41) is 0. The number of Topliss-reactive ketones (excluding diaryl/α,β-unsaturated/α-hetero) is 1. The first-order valence-electron chi connectivity index (χ1n) is 5.85. The molecule has 1 aliphatic rings. The molecule has 0 bridgehead atoms. The quantitative estimate of drug-likeness (QED) is 0.544. The Labute approximate surface area is 96.9 Å². The van der Waals surface area contributed by atoms with Gasteiger partial charge in [0.25, 0.3) is 0 Å². The SMILES string of the molecule is C=C[C@@]1(C)CCCC(=O)[C@H]1CC(=O)OCC. The molecule has 16 heavy (non-hydrogen) atoms. The van der Waals surface area contributed by atoms with Crippen LogP contribution in [0, 0.1) is 11.3 Å². The topological polar surface area (TPSA) is 43.4 Å². The highest BCUT2D eigenvalue weighted by Gasteiger charge is 2.40. The number of allylic oxidation sites excluding steroid dienone is 1. The lowest BCUT2D eigenvalue weighted by molar-refractivity contribution is -0.148. The highest BCUT2D eigenvalue weighted by Crippen LogP contribution is 2.41. The van der Waals surface area contributed by atoms with E-state index in [4.69, 9.17) is 4.74 Å². The van der Waals surface area contributed by atoms with Crippen molar-refractivity contribution in [3.63, 3.8) is 0 Å². The molecule has 3 heteroatoms. The first-order valence-corrected chi connectivity index (χ1v) is 5.85. The van der Waals surface area contributed by atoms with E-state index in [-0.39, 0.29) is 29.5 Å². The van der Waals surface area contributed by atoms with Crippen LogP contribution < -0.4 is 0 Å². The van der Waals surface area contributed by atoms with Crippen molar-refractivity contribution in [3.05, 3.63) is 12.7 Å². The van der Waals surface area contributed by atoms with Gasteiger partial charge in [0.1, 0.15) is 5.78 Å². The third-order valence-corrected chi connectivity index (χ3v) is 3.47. The van der Waals surface area contributed by atoms with E-state index in [9.17, 15) is 9.59 Å². The molecule has 0 heterocycles. The first kappa shape index (κ1) is 12.9. The van der Waals surface area contributed by atoms with Gasteiger partial charge in [-0.2, -0.15) is 0 Å². The number of rotatable bonds is 4. The Balaban J connectivity index is 2.75. The second-order valence-electron chi connectivity index (χ2n) is 4.59. The van der Waals surface area contributed by atoms with Crippen molar-refractivity contribution in [2.75, 3.05) is 6.61 Å². The van der Waals surface area contributed by atoms with Gasteiger partial charge < -0.3 is 4.74 Å². The average molecular weight is 224 g/mol. The van der Waals surface area contributed by atoms with E-state index in [1.165, 1.54) is 0 Å². The maximum Gasteiger partial charge on any atom is 0.306 e. The molecule has 1 rings (SSSR count). The molecule has 0 saturated heterocycles. The van der Waals surface area contributed by atoms with Crippen molar-refractivity contribution in [1.29, 1.82) is 0 Å². The van der Waals surface area contributed by atoms with Crippen LogP contribution in [0.5, 0.6) is 0 Å². The Bertz CT molecular complexity index is 296. The predicted molar refractivity (Wildman–Crippen MR) is 61.9 cm³/mol. The molecule has 1 saturated carbocycles. The van der Waals surface area contributed by atoms with Crippen LogP contribution in [0.3, 0.4) is 0 Å². The summed E-state index contributed by atoms with van der Waals surface area (Å²) >= 11 is 0. The lowest BCUT2D eigenvalue weighted by atomic mass is 9.66. The number of hydrogen-bond acceptors (Lipinski definition) is 3. The van der Waals surface area contributed by atoms with Gasteiger partial charge in [0.2, 0.25) is 0 Å². The van der Waals surface area contributed by atoms with Gasteiger partial charge in [-0.05, 0) is 25.2 Å². The predicted octanol–water partition coefficient (Wildman–Crippen LogP) is 2.50. The summed E-state index contributed by atoms with van der Waals surface area (Å²) in [5.41, 5.74) is -0.248. The fourth-order valence-electron chi connectivity index (χ4n) is 2.34. The average Bonchev–Trinajstić information content (AvgIpc) is 2.24. The molecule has 3 nitrogen and oxygen atoms in total. The van der Waals surface area contributed by atoms with Gasteiger partial charge in [0, 0.05) is 12.3 Å². The van der Waals surface area contributed by atoms with E-state index in [0.717, 1.165) is 12.8 Å². The molecule has 2 atom stereocenters. The summed E-state index contributed by atoms with van der Waals surface area (Å²) in [4.78, 5) is 23.3. The molecule has 0 unspecified atom stereocenters. The number of esters is 1. The number of ketones is 1. The van der Waals surface area contributed by atoms with Crippen LogP contribution in [-0.2, 0) is 14.3 Å². The van der Waals surface area contributed by atoms with Crippen LogP contribution in [0.15, 0.2) is 12.7 Å². The Morgan fingerprint density at radius 2 is 2.38 bits per heavy atom. The van der Waals surface area contributed by atoms with Crippen LogP contribution >= 0.6 is 0 Å². The van der Waals surface area contributed by atoms with Crippen molar-refractivity contribution in [3.8, 4) is 0 Å². The van der Waals surface area contributed by atoms with Gasteiger partial charge >= 0.3 is 5.97 Å². The highest BCUT2D eigenvalue weighted by molar-refractivity contribution is 5.87. The first-order chi connectivity index (χ1) is 7.53. The normalized spacial score (nSPS) is 29.9. The van der Waals surface area contributed by atoms with Gasteiger partial charge in [-0.25, -0.2) is 0 Å². The fraction of sp³-hybridized carbons (Fsp3) is 0.692. The molecular formula is C13H20O3. The zero-order valence-corrected chi connectivity index (χ0v) is 10.1. The standard InChI is InChI=1S/C13H20O3/c1-4-13(3)8-6-7-11(14)10(13)9-12(15)16-5-2/h4,10H,1,5-9H2,2-3H3/t10-,13+/m1/s1. The molecular weight excluding hydrogens is 204 g/mol. The smallest absolute Gasteiger partial charge is 0.306 e. The van der Waals surface area contributed by atoms with Crippen LogP contribution in [0.1, 0.15) is 39.5 Å². The summed E-state index contributed by atoms with van der Waals surface area (Å²) < 4.78 is 4.91. The van der Waals surface area contributed by atoms with Gasteiger partial charge in [-0.3, -0.25) is 9.59 Å². The molecule has 0 aromatic carbocycles. The lowest BCUT2D eigenvalue weighted by Gasteiger charge is -2.37. The molecule has 0 radical (unpaired) electrons. The second kappa shape index (κ2) is 5.28. The van der Waals surface area contributed by atoms with Crippen LogP contribution in [0.4, 0.5) is 0 Å². The zero-order chi connectivity index (χ0) is 12.2. The molecule has 1 fully saturated rings. The summed E-state index contributed by atoms with van der Waals surface area (Å²) in [5.74, 6) is -0.365. The maximum absolute atomic E-state index is 11.9. The van der Waals surface area contributed by atoms with Gasteiger partial charge in [-0.1, -0.05) is 13.0 Å². The third kappa shape index (κ3) is 2.71. The molecule has 0 aliphatic heterocycles. The molecule has 90 valence electrons. The molecule has 0 amide bonds. The maximum atomic E-state index is 11.9. The van der Waals surface area contributed by atoms with Crippen LogP contribution in [-0.4, -0.2) is 18.4 Å². The van der Waals surface area contributed by atoms with Crippen molar-refractivity contribution in [1.82, 2.24) is 0 Å². The number of hydrogen-bond donors (Lipinski definition) is 0. The molecule has 0 aromatic heterocycles. The Morgan fingerprint density at radius 1 is 1.69 bits per heavy atom. The van der Waals surface area contributed by atoms with Crippen LogP contribution in [0.2, 0.25) is 0 Å². The fourth-order valence-corrected chi connectivity index (χ4v) is 2.34. The van der Waals surface area contributed by atoms with Gasteiger partial charge in [0.05, 0.1) is 13.0 Å². The third-order valence-electron chi connectivity index (χ3n) is 3.47. The van der Waals surface area contributed by atoms with Crippen molar-refractivity contribution in [2.24, 2.45) is 11.3 Å². The Kier molecular flexibility index (Phi) is 4.27. The Morgan fingerprint density at radius 3 is 2.94 bits per heavy atom. The minimum Gasteiger partial charge on any atom is -0.466 e. The lowest BCUT2D eigenvalue weighted by Crippen LogP contribution is -2.37. The monoisotopic (exact) mass is 224 g/mol. The second-order valence-corrected chi connectivity index (χ2v) is 4.59. The number of carbonyl (C=O) groups is 2. The minimum atomic E-state index is -0.282. The highest BCUT2D eigenvalue weighted by atomic mass is 16.5. The number of carbonyl (C=O) groups excluding carboxylic acids is 2. The summed E-state index contributed by atoms with van der Waals surface area (Å²) in [6.07, 6.45) is 4.39. The minimum absolute atomic E-state index is 0.168. The van der Waals surface area contributed by atoms with E-state index in [1.807, 2.05) is 13.0 Å². The van der Waals surface area contributed by atoms with Crippen molar-refractivity contribution < 1.29 is 14.3 Å². The largest absolute Gasteiger partial charge is 0.466 e. The van der Waals surface area contributed by atoms with Crippen molar-refractivity contribution >= 4 is 11.8 Å². The molecule has 1 aliphatic carbocycles. The van der Waals surface area contributed by atoms with E-state index >= 15 is 0 Å². The number of ether oxygens (including phenoxy) is 1. The van der Waals surface area contributed by atoms with E-state index in [0.29, 0.717) is 13.0 Å². The molecule has 0 N–H and O–H groups in total. The van der Waals surface area contributed by atoms with Gasteiger partial charge in [0.15, 0.2) is 0 Å². The molecule has 0 spiro atoms. The Hall–Kier alpha value is -1.12. The summed E-state index contributed by atoms with van der Waals surface area (Å²) in [7, 11) is 0. The van der Waals surface area contributed by atoms with Crippen molar-refractivity contribution in [2.45, 2.75) is 39.5 Å². The summed E-state index contributed by atoms with van der Waals surface area (Å²) in [6.45, 7) is 7.93. The van der Waals surface area contributed by atoms with Gasteiger partial charge in [-0.15, -0.1) is 6.58 Å².